The molecule has 0 unspecified atom stereocenters. The number of aromatic nitrogens is 5. The Balaban J connectivity index is 1.40. The van der Waals surface area contributed by atoms with Gasteiger partial charge >= 0.3 is 0 Å². The van der Waals surface area contributed by atoms with E-state index in [4.69, 9.17) is 16.0 Å². The summed E-state index contributed by atoms with van der Waals surface area (Å²) in [6, 6.07) is 12.7. The van der Waals surface area contributed by atoms with Crippen molar-refractivity contribution in [2.75, 3.05) is 5.32 Å². The van der Waals surface area contributed by atoms with Crippen LogP contribution in [0, 0.1) is 0 Å². The summed E-state index contributed by atoms with van der Waals surface area (Å²) in [5.74, 6) is 0.601. The van der Waals surface area contributed by atoms with Crippen molar-refractivity contribution in [3.05, 3.63) is 65.8 Å². The molecule has 9 heteroatoms. The molecule has 0 radical (unpaired) electrons. The highest BCUT2D eigenvalue weighted by atomic mass is 35.5. The lowest BCUT2D eigenvalue weighted by atomic mass is 10.2. The first-order chi connectivity index (χ1) is 14.1. The summed E-state index contributed by atoms with van der Waals surface area (Å²) < 4.78 is 7.31. The highest BCUT2D eigenvalue weighted by molar-refractivity contribution is 6.30. The fourth-order valence-electron chi connectivity index (χ4n) is 2.83. The molecule has 4 aromatic rings. The van der Waals surface area contributed by atoms with Crippen LogP contribution in [-0.4, -0.2) is 30.9 Å². The molecule has 0 atom stereocenters. The summed E-state index contributed by atoms with van der Waals surface area (Å²) in [6.07, 6.45) is 3.82. The standard InChI is InChI=1S/C20H17ClN6O2/c1-27-19(15-4-2-3-11-22-15)16(12-23-27)24-17(28)9-10-18-25-26-20(29-18)13-5-7-14(21)8-6-13/h2-8,11-12H,9-10H2,1H3,(H,24,28). The smallest absolute Gasteiger partial charge is 0.247 e. The van der Waals surface area contributed by atoms with Gasteiger partial charge in [0.05, 0.1) is 17.6 Å². The van der Waals surface area contributed by atoms with Crippen LogP contribution in [-0.2, 0) is 18.3 Å². The van der Waals surface area contributed by atoms with E-state index in [1.54, 1.807) is 48.4 Å². The Hall–Kier alpha value is -3.52. The predicted molar refractivity (Wildman–Crippen MR) is 108 cm³/mol. The van der Waals surface area contributed by atoms with E-state index < -0.39 is 0 Å². The number of nitrogens with zero attached hydrogens (tertiary/aromatic N) is 5. The topological polar surface area (TPSA) is 98.7 Å². The molecule has 3 aromatic heterocycles. The Bertz CT molecular complexity index is 1120. The third kappa shape index (κ3) is 4.33. The first-order valence-corrected chi connectivity index (χ1v) is 9.29. The molecule has 29 heavy (non-hydrogen) atoms. The summed E-state index contributed by atoms with van der Waals surface area (Å²) in [4.78, 5) is 16.7. The largest absolute Gasteiger partial charge is 0.421 e. The van der Waals surface area contributed by atoms with Gasteiger partial charge in [-0.15, -0.1) is 10.2 Å². The Kier molecular flexibility index (Phi) is 5.35. The number of anilines is 1. The average molecular weight is 409 g/mol. The number of aryl methyl sites for hydroxylation is 2. The van der Waals surface area contributed by atoms with Crippen LogP contribution in [0.2, 0.25) is 5.02 Å². The molecule has 0 saturated heterocycles. The normalized spacial score (nSPS) is 10.8. The molecule has 0 fully saturated rings. The molecular formula is C20H17ClN6O2. The SMILES string of the molecule is Cn1ncc(NC(=O)CCc2nnc(-c3ccc(Cl)cc3)o2)c1-c1ccccn1. The van der Waals surface area contributed by atoms with E-state index in [9.17, 15) is 4.79 Å². The fourth-order valence-corrected chi connectivity index (χ4v) is 2.96. The number of benzene rings is 1. The van der Waals surface area contributed by atoms with Crippen LogP contribution >= 0.6 is 11.6 Å². The number of hydrogen-bond acceptors (Lipinski definition) is 6. The van der Waals surface area contributed by atoms with Crippen molar-refractivity contribution in [2.24, 2.45) is 7.05 Å². The van der Waals surface area contributed by atoms with Crippen LogP contribution in [0.3, 0.4) is 0 Å². The molecule has 0 saturated carbocycles. The maximum absolute atomic E-state index is 12.4. The van der Waals surface area contributed by atoms with Gasteiger partial charge in [0.2, 0.25) is 17.7 Å². The summed E-state index contributed by atoms with van der Waals surface area (Å²) in [6.45, 7) is 0. The third-order valence-corrected chi connectivity index (χ3v) is 4.50. The second-order valence-corrected chi connectivity index (χ2v) is 6.74. The minimum atomic E-state index is -0.179. The Morgan fingerprint density at radius 3 is 2.76 bits per heavy atom. The van der Waals surface area contributed by atoms with Crippen molar-refractivity contribution in [3.8, 4) is 22.8 Å². The lowest BCUT2D eigenvalue weighted by Gasteiger charge is -2.07. The van der Waals surface area contributed by atoms with Crippen molar-refractivity contribution in [3.63, 3.8) is 0 Å². The zero-order valence-corrected chi connectivity index (χ0v) is 16.3. The van der Waals surface area contributed by atoms with Gasteiger partial charge in [0.1, 0.15) is 5.69 Å². The molecule has 1 amide bonds. The highest BCUT2D eigenvalue weighted by Crippen LogP contribution is 2.25. The van der Waals surface area contributed by atoms with E-state index in [0.29, 0.717) is 28.9 Å². The van der Waals surface area contributed by atoms with Crippen molar-refractivity contribution in [1.29, 1.82) is 0 Å². The monoisotopic (exact) mass is 408 g/mol. The molecule has 4 rings (SSSR count). The molecule has 3 heterocycles. The molecule has 0 spiro atoms. The van der Waals surface area contributed by atoms with Gasteiger partial charge in [-0.1, -0.05) is 17.7 Å². The minimum Gasteiger partial charge on any atom is -0.421 e. The van der Waals surface area contributed by atoms with Crippen LogP contribution < -0.4 is 5.32 Å². The van der Waals surface area contributed by atoms with Gasteiger partial charge in [0.25, 0.3) is 0 Å². The van der Waals surface area contributed by atoms with Gasteiger partial charge in [-0.05, 0) is 36.4 Å². The maximum Gasteiger partial charge on any atom is 0.247 e. The van der Waals surface area contributed by atoms with Crippen LogP contribution in [0.1, 0.15) is 12.3 Å². The van der Waals surface area contributed by atoms with Crippen molar-refractivity contribution in [2.45, 2.75) is 12.8 Å². The van der Waals surface area contributed by atoms with Crippen molar-refractivity contribution in [1.82, 2.24) is 25.0 Å². The van der Waals surface area contributed by atoms with Gasteiger partial charge < -0.3 is 9.73 Å². The molecule has 0 aliphatic rings. The molecule has 1 N–H and O–H groups in total. The number of halogens is 1. The average Bonchev–Trinajstić information content (AvgIpc) is 3.34. The Morgan fingerprint density at radius 2 is 2.00 bits per heavy atom. The number of pyridine rings is 1. The highest BCUT2D eigenvalue weighted by Gasteiger charge is 2.16. The van der Waals surface area contributed by atoms with Gasteiger partial charge in [-0.2, -0.15) is 5.10 Å². The van der Waals surface area contributed by atoms with E-state index in [2.05, 4.69) is 25.6 Å². The first-order valence-electron chi connectivity index (χ1n) is 8.92. The zero-order valence-electron chi connectivity index (χ0n) is 15.5. The van der Waals surface area contributed by atoms with Crippen LogP contribution in [0.15, 0.2) is 59.3 Å². The van der Waals surface area contributed by atoms with E-state index in [0.717, 1.165) is 17.0 Å². The first kappa shape index (κ1) is 18.8. The summed E-state index contributed by atoms with van der Waals surface area (Å²) in [7, 11) is 1.80. The third-order valence-electron chi connectivity index (χ3n) is 4.24. The fraction of sp³-hybridized carbons (Fsp3) is 0.150. The number of hydrogen-bond donors (Lipinski definition) is 1. The molecular weight excluding hydrogens is 392 g/mol. The van der Waals surface area contributed by atoms with Crippen molar-refractivity contribution >= 4 is 23.2 Å². The van der Waals surface area contributed by atoms with E-state index in [1.807, 2.05) is 18.2 Å². The van der Waals surface area contributed by atoms with Gasteiger partial charge in [-0.3, -0.25) is 14.5 Å². The van der Waals surface area contributed by atoms with Crippen molar-refractivity contribution < 1.29 is 9.21 Å². The number of nitrogens with one attached hydrogen (secondary N) is 1. The lowest BCUT2D eigenvalue weighted by Crippen LogP contribution is -2.13. The number of amides is 1. The van der Waals surface area contributed by atoms with E-state index >= 15 is 0 Å². The molecule has 1 aromatic carbocycles. The second kappa shape index (κ2) is 8.24. The Morgan fingerprint density at radius 1 is 1.17 bits per heavy atom. The molecule has 8 nitrogen and oxygen atoms in total. The van der Waals surface area contributed by atoms with Gasteiger partial charge in [0, 0.05) is 36.7 Å². The number of carbonyl (C=O) groups excluding carboxylic acids is 1. The number of carbonyl (C=O) groups is 1. The van der Waals surface area contributed by atoms with Crippen LogP contribution in [0.5, 0.6) is 0 Å². The zero-order chi connectivity index (χ0) is 20.2. The lowest BCUT2D eigenvalue weighted by molar-refractivity contribution is -0.116. The van der Waals surface area contributed by atoms with Crippen LogP contribution in [0.4, 0.5) is 5.69 Å². The summed E-state index contributed by atoms with van der Waals surface area (Å²) in [5.41, 5.74) is 2.84. The predicted octanol–water partition coefficient (Wildman–Crippen LogP) is 3.76. The summed E-state index contributed by atoms with van der Waals surface area (Å²) in [5, 5.41) is 15.8. The maximum atomic E-state index is 12.4. The minimum absolute atomic E-state index is 0.179. The summed E-state index contributed by atoms with van der Waals surface area (Å²) >= 11 is 5.89. The molecule has 146 valence electrons. The Labute approximate surface area is 171 Å². The quantitative estimate of drug-likeness (QED) is 0.521. The van der Waals surface area contributed by atoms with Gasteiger partial charge in [0.15, 0.2) is 0 Å². The molecule has 0 bridgehead atoms. The van der Waals surface area contributed by atoms with E-state index in [-0.39, 0.29) is 12.3 Å². The molecule has 0 aliphatic heterocycles. The van der Waals surface area contributed by atoms with Gasteiger partial charge in [-0.25, -0.2) is 0 Å². The van der Waals surface area contributed by atoms with Crippen LogP contribution in [0.25, 0.3) is 22.8 Å². The molecule has 0 aliphatic carbocycles. The van der Waals surface area contributed by atoms with E-state index in [1.165, 1.54) is 0 Å². The second-order valence-electron chi connectivity index (χ2n) is 6.30. The number of rotatable bonds is 6.